The predicted molar refractivity (Wildman–Crippen MR) is 85.2 cm³/mol. The minimum absolute atomic E-state index is 0.0252. The molecule has 0 unspecified atom stereocenters. The molecule has 0 bridgehead atoms. The standard InChI is InChI=1S/C17H16ClNO/c1-2-13-11-12-7-6-10-15(18)16(12)17(20)19(13)14-8-4-3-5-9-14/h4,6-11H,2-3,5H2,1H3. The normalized spacial score (nSPS) is 14.6. The lowest BCUT2D eigenvalue weighted by atomic mass is 10.1. The maximum atomic E-state index is 12.8. The molecule has 0 spiro atoms. The molecule has 0 fully saturated rings. The molecule has 0 atom stereocenters. The van der Waals surface area contributed by atoms with E-state index in [1.165, 1.54) is 0 Å². The summed E-state index contributed by atoms with van der Waals surface area (Å²) in [6, 6.07) is 7.66. The molecule has 0 saturated carbocycles. The Bertz CT molecular complexity index is 783. The van der Waals surface area contributed by atoms with E-state index in [-0.39, 0.29) is 5.56 Å². The first kappa shape index (κ1) is 13.2. The molecule has 1 aliphatic rings. The van der Waals surface area contributed by atoms with Crippen molar-refractivity contribution < 1.29 is 0 Å². The number of benzene rings is 1. The van der Waals surface area contributed by atoms with Gasteiger partial charge in [0.25, 0.3) is 5.56 Å². The van der Waals surface area contributed by atoms with Gasteiger partial charge in [0.2, 0.25) is 0 Å². The number of aromatic nitrogens is 1. The first-order valence-electron chi connectivity index (χ1n) is 6.92. The molecule has 0 radical (unpaired) electrons. The number of halogens is 1. The van der Waals surface area contributed by atoms with Crippen molar-refractivity contribution >= 4 is 28.1 Å². The monoisotopic (exact) mass is 285 g/mol. The Morgan fingerprint density at radius 3 is 2.85 bits per heavy atom. The van der Waals surface area contributed by atoms with Crippen LogP contribution >= 0.6 is 11.6 Å². The smallest absolute Gasteiger partial charge is 0.264 e. The minimum atomic E-state index is -0.0252. The van der Waals surface area contributed by atoms with Gasteiger partial charge in [0, 0.05) is 11.4 Å². The van der Waals surface area contributed by atoms with E-state index >= 15 is 0 Å². The average molecular weight is 286 g/mol. The van der Waals surface area contributed by atoms with Gasteiger partial charge in [-0.2, -0.15) is 0 Å². The van der Waals surface area contributed by atoms with Gasteiger partial charge >= 0.3 is 0 Å². The molecule has 102 valence electrons. The van der Waals surface area contributed by atoms with E-state index in [4.69, 9.17) is 11.6 Å². The average Bonchev–Trinajstić information content (AvgIpc) is 2.47. The van der Waals surface area contributed by atoms with Crippen molar-refractivity contribution in [1.29, 1.82) is 0 Å². The van der Waals surface area contributed by atoms with Gasteiger partial charge in [0.1, 0.15) is 0 Å². The lowest BCUT2D eigenvalue weighted by molar-refractivity contribution is 0.895. The molecule has 0 N–H and O–H groups in total. The van der Waals surface area contributed by atoms with Crippen LogP contribution in [0, 0.1) is 0 Å². The van der Waals surface area contributed by atoms with Crippen LogP contribution in [0.3, 0.4) is 0 Å². The van der Waals surface area contributed by atoms with Gasteiger partial charge in [-0.1, -0.05) is 42.8 Å². The highest BCUT2D eigenvalue weighted by molar-refractivity contribution is 6.35. The zero-order chi connectivity index (χ0) is 14.1. The van der Waals surface area contributed by atoms with Gasteiger partial charge in [0.05, 0.1) is 10.4 Å². The molecule has 1 aromatic carbocycles. The summed E-state index contributed by atoms with van der Waals surface area (Å²) in [7, 11) is 0. The molecule has 0 amide bonds. The summed E-state index contributed by atoms with van der Waals surface area (Å²) in [5, 5.41) is 2.03. The van der Waals surface area contributed by atoms with Gasteiger partial charge in [-0.15, -0.1) is 0 Å². The summed E-state index contributed by atoms with van der Waals surface area (Å²) in [5.74, 6) is 0. The van der Waals surface area contributed by atoms with Crippen LogP contribution in [0.1, 0.15) is 25.5 Å². The summed E-state index contributed by atoms with van der Waals surface area (Å²) in [6.45, 7) is 2.06. The second-order valence-corrected chi connectivity index (χ2v) is 5.35. The van der Waals surface area contributed by atoms with E-state index in [1.54, 1.807) is 10.6 Å². The van der Waals surface area contributed by atoms with Crippen LogP contribution in [0.15, 0.2) is 47.3 Å². The molecule has 1 aromatic heterocycles. The van der Waals surface area contributed by atoms with Crippen molar-refractivity contribution in [3.63, 3.8) is 0 Å². The maximum absolute atomic E-state index is 12.8. The molecule has 0 saturated heterocycles. The first-order chi connectivity index (χ1) is 9.72. The molecule has 3 rings (SSSR count). The summed E-state index contributed by atoms with van der Waals surface area (Å²) in [4.78, 5) is 12.8. The quantitative estimate of drug-likeness (QED) is 0.801. The van der Waals surface area contributed by atoms with Crippen LogP contribution in [0.5, 0.6) is 0 Å². The van der Waals surface area contributed by atoms with Gasteiger partial charge in [-0.3, -0.25) is 9.36 Å². The number of nitrogens with zero attached hydrogens (tertiary/aromatic N) is 1. The fraction of sp³-hybridized carbons (Fsp3) is 0.235. The van der Waals surface area contributed by atoms with Crippen LogP contribution < -0.4 is 5.56 Å². The van der Waals surface area contributed by atoms with Crippen molar-refractivity contribution in [2.45, 2.75) is 26.2 Å². The lowest BCUT2D eigenvalue weighted by Gasteiger charge is -2.16. The van der Waals surface area contributed by atoms with Crippen molar-refractivity contribution in [1.82, 2.24) is 4.57 Å². The van der Waals surface area contributed by atoms with Crippen LogP contribution in [-0.2, 0) is 6.42 Å². The fourth-order valence-electron chi connectivity index (χ4n) is 2.68. The van der Waals surface area contributed by atoms with Gasteiger partial charge in [0.15, 0.2) is 0 Å². The zero-order valence-electron chi connectivity index (χ0n) is 11.4. The molecule has 0 aliphatic heterocycles. The number of allylic oxidation sites excluding steroid dienone is 4. The van der Waals surface area contributed by atoms with Gasteiger partial charge in [-0.05, 0) is 42.9 Å². The van der Waals surface area contributed by atoms with Crippen LogP contribution in [0.2, 0.25) is 5.02 Å². The third-order valence-corrected chi connectivity index (χ3v) is 3.98. The molecular weight excluding hydrogens is 270 g/mol. The largest absolute Gasteiger partial charge is 0.281 e. The van der Waals surface area contributed by atoms with E-state index in [9.17, 15) is 4.79 Å². The molecule has 20 heavy (non-hydrogen) atoms. The van der Waals surface area contributed by atoms with Crippen LogP contribution in [0.4, 0.5) is 0 Å². The summed E-state index contributed by atoms with van der Waals surface area (Å²) >= 11 is 6.22. The van der Waals surface area contributed by atoms with E-state index in [0.29, 0.717) is 10.4 Å². The highest BCUT2D eigenvalue weighted by Crippen LogP contribution is 2.24. The first-order valence-corrected chi connectivity index (χ1v) is 7.30. The molecular formula is C17H16ClNO. The summed E-state index contributed by atoms with van der Waals surface area (Å²) in [5.41, 5.74) is 1.95. The summed E-state index contributed by atoms with van der Waals surface area (Å²) < 4.78 is 1.80. The highest BCUT2D eigenvalue weighted by Gasteiger charge is 2.13. The van der Waals surface area contributed by atoms with Gasteiger partial charge in [-0.25, -0.2) is 0 Å². The zero-order valence-corrected chi connectivity index (χ0v) is 12.2. The molecule has 3 heteroatoms. The van der Waals surface area contributed by atoms with Crippen molar-refractivity contribution in [2.24, 2.45) is 0 Å². The number of hydrogen-bond acceptors (Lipinski definition) is 1. The van der Waals surface area contributed by atoms with E-state index in [1.807, 2.05) is 18.2 Å². The Morgan fingerprint density at radius 1 is 1.30 bits per heavy atom. The molecule has 1 aliphatic carbocycles. The number of hydrogen-bond donors (Lipinski definition) is 0. The number of rotatable bonds is 2. The second kappa shape index (κ2) is 5.29. The van der Waals surface area contributed by atoms with Crippen molar-refractivity contribution in [3.05, 3.63) is 63.6 Å². The third-order valence-electron chi connectivity index (χ3n) is 3.67. The Balaban J connectivity index is 2.38. The van der Waals surface area contributed by atoms with Gasteiger partial charge < -0.3 is 0 Å². The number of aryl methyl sites for hydroxylation is 1. The Hall–Kier alpha value is -1.80. The number of fused-ring (bicyclic) bond motifs is 1. The van der Waals surface area contributed by atoms with Crippen molar-refractivity contribution in [3.8, 4) is 0 Å². The summed E-state index contributed by atoms with van der Waals surface area (Å²) in [6.07, 6.45) is 9.06. The highest BCUT2D eigenvalue weighted by atomic mass is 35.5. The molecule has 1 heterocycles. The van der Waals surface area contributed by atoms with Crippen molar-refractivity contribution in [2.75, 3.05) is 0 Å². The Kier molecular flexibility index (Phi) is 3.49. The predicted octanol–water partition coefficient (Wildman–Crippen LogP) is 4.41. The second-order valence-electron chi connectivity index (χ2n) is 4.94. The van der Waals surface area contributed by atoms with E-state index in [2.05, 4.69) is 25.1 Å². The minimum Gasteiger partial charge on any atom is -0.281 e. The van der Waals surface area contributed by atoms with Crippen LogP contribution in [0.25, 0.3) is 16.5 Å². The number of pyridine rings is 1. The Morgan fingerprint density at radius 2 is 2.15 bits per heavy atom. The molecule has 2 aromatic rings. The molecule has 2 nitrogen and oxygen atoms in total. The van der Waals surface area contributed by atoms with Crippen LogP contribution in [-0.4, -0.2) is 4.57 Å². The Labute approximate surface area is 123 Å². The van der Waals surface area contributed by atoms with E-state index in [0.717, 1.165) is 36.0 Å². The fourth-order valence-corrected chi connectivity index (χ4v) is 2.94. The SMILES string of the molecule is CCc1cc2cccc(Cl)c2c(=O)n1C1=CCCC=C1. The lowest BCUT2D eigenvalue weighted by Crippen LogP contribution is -2.23. The maximum Gasteiger partial charge on any atom is 0.264 e. The topological polar surface area (TPSA) is 22.0 Å². The third kappa shape index (κ3) is 2.10. The van der Waals surface area contributed by atoms with E-state index < -0.39 is 0 Å².